The van der Waals surface area contributed by atoms with Crippen LogP contribution in [0.5, 0.6) is 11.5 Å². The third kappa shape index (κ3) is 5.13. The summed E-state index contributed by atoms with van der Waals surface area (Å²) in [5, 5.41) is 2.79. The molecule has 0 saturated heterocycles. The molecule has 104 valence electrons. The third-order valence-electron chi connectivity index (χ3n) is 2.50. The fourth-order valence-corrected chi connectivity index (χ4v) is 1.65. The van der Waals surface area contributed by atoms with Crippen molar-refractivity contribution in [2.75, 3.05) is 20.8 Å². The van der Waals surface area contributed by atoms with E-state index in [0.717, 1.165) is 6.42 Å². The molecular weight excluding hydrogens is 264 g/mol. The predicted octanol–water partition coefficient (Wildman–Crippen LogP) is 1.50. The van der Waals surface area contributed by atoms with Crippen LogP contribution in [0.15, 0.2) is 18.2 Å². The van der Waals surface area contributed by atoms with E-state index < -0.39 is 0 Å². The number of hydrogen-bond acceptors (Lipinski definition) is 4. The van der Waals surface area contributed by atoms with Crippen molar-refractivity contribution in [1.29, 1.82) is 0 Å². The fraction of sp³-hybridized carbons (Fsp3) is 0.385. The lowest BCUT2D eigenvalue weighted by Gasteiger charge is -2.09. The first-order valence-electron chi connectivity index (χ1n) is 5.86. The molecule has 3 N–H and O–H groups in total. The molecule has 19 heavy (non-hydrogen) atoms. The van der Waals surface area contributed by atoms with Crippen molar-refractivity contribution in [3.8, 4) is 11.5 Å². The van der Waals surface area contributed by atoms with Gasteiger partial charge in [-0.25, -0.2) is 0 Å². The first-order chi connectivity index (χ1) is 9.06. The van der Waals surface area contributed by atoms with Gasteiger partial charge in [0, 0.05) is 18.2 Å². The van der Waals surface area contributed by atoms with Gasteiger partial charge in [-0.05, 0) is 25.0 Å². The summed E-state index contributed by atoms with van der Waals surface area (Å²) in [5.41, 5.74) is 5.87. The first kappa shape index (κ1) is 15.2. The van der Waals surface area contributed by atoms with Gasteiger partial charge in [-0.3, -0.25) is 4.79 Å². The van der Waals surface area contributed by atoms with Crippen molar-refractivity contribution in [3.63, 3.8) is 0 Å². The van der Waals surface area contributed by atoms with E-state index in [1.807, 2.05) is 0 Å². The van der Waals surface area contributed by atoms with E-state index in [1.54, 1.807) is 32.4 Å². The molecule has 6 heteroatoms. The van der Waals surface area contributed by atoms with E-state index >= 15 is 0 Å². The minimum Gasteiger partial charge on any atom is -0.497 e. The molecule has 0 unspecified atom stereocenters. The molecule has 0 bridgehead atoms. The van der Waals surface area contributed by atoms with E-state index in [-0.39, 0.29) is 5.91 Å². The molecule has 0 saturated carbocycles. The number of thiocarbonyl (C=S) groups is 1. The van der Waals surface area contributed by atoms with E-state index in [0.29, 0.717) is 35.0 Å². The predicted molar refractivity (Wildman–Crippen MR) is 77.9 cm³/mol. The number of hydrogen-bond donors (Lipinski definition) is 2. The summed E-state index contributed by atoms with van der Waals surface area (Å²) in [4.78, 5) is 12.4. The molecule has 0 aliphatic rings. The molecule has 0 radical (unpaired) electrons. The quantitative estimate of drug-likeness (QED) is 0.585. The molecule has 5 nitrogen and oxygen atoms in total. The van der Waals surface area contributed by atoms with E-state index in [1.165, 1.54) is 0 Å². The normalized spacial score (nSPS) is 9.79. The van der Waals surface area contributed by atoms with Crippen LogP contribution in [0.25, 0.3) is 0 Å². The van der Waals surface area contributed by atoms with Crippen molar-refractivity contribution < 1.29 is 14.3 Å². The minimum absolute atomic E-state index is 0.180. The summed E-state index contributed by atoms with van der Waals surface area (Å²) in [7, 11) is 3.08. The van der Waals surface area contributed by atoms with Gasteiger partial charge in [0.05, 0.1) is 19.2 Å². The summed E-state index contributed by atoms with van der Waals surface area (Å²) in [6.07, 6.45) is 1.35. The maximum Gasteiger partial charge on any atom is 0.251 e. The second-order valence-electron chi connectivity index (χ2n) is 3.93. The average Bonchev–Trinajstić information content (AvgIpc) is 2.42. The number of benzene rings is 1. The molecule has 0 spiro atoms. The van der Waals surface area contributed by atoms with Gasteiger partial charge in [0.15, 0.2) is 0 Å². The molecule has 0 aromatic heterocycles. The number of methoxy groups -OCH3 is 2. The molecule has 1 aromatic rings. The molecule has 1 rings (SSSR count). The molecular formula is C13H18N2O3S. The van der Waals surface area contributed by atoms with Crippen LogP contribution in [0.3, 0.4) is 0 Å². The summed E-state index contributed by atoms with van der Waals surface area (Å²) >= 11 is 4.77. The lowest BCUT2D eigenvalue weighted by Crippen LogP contribution is -2.25. The Kier molecular flexibility index (Phi) is 6.08. The Morgan fingerprint density at radius 2 is 1.84 bits per heavy atom. The Morgan fingerprint density at radius 1 is 1.26 bits per heavy atom. The van der Waals surface area contributed by atoms with Gasteiger partial charge in [0.25, 0.3) is 5.91 Å². The third-order valence-corrected chi connectivity index (χ3v) is 2.70. The summed E-state index contributed by atoms with van der Waals surface area (Å²) < 4.78 is 10.2. The number of rotatable bonds is 7. The summed E-state index contributed by atoms with van der Waals surface area (Å²) in [6.45, 7) is 0.524. The van der Waals surface area contributed by atoms with Crippen LogP contribution in [-0.4, -0.2) is 31.7 Å². The van der Waals surface area contributed by atoms with Crippen molar-refractivity contribution in [2.45, 2.75) is 12.8 Å². The molecule has 1 amide bonds. The number of nitrogens with two attached hydrogens (primary N) is 1. The van der Waals surface area contributed by atoms with Crippen LogP contribution in [0.2, 0.25) is 0 Å². The highest BCUT2D eigenvalue weighted by Crippen LogP contribution is 2.22. The Morgan fingerprint density at radius 3 is 2.32 bits per heavy atom. The van der Waals surface area contributed by atoms with Crippen molar-refractivity contribution >= 4 is 23.1 Å². The smallest absolute Gasteiger partial charge is 0.251 e. The largest absolute Gasteiger partial charge is 0.497 e. The Bertz CT molecular complexity index is 441. The molecule has 0 heterocycles. The maximum absolute atomic E-state index is 11.9. The highest BCUT2D eigenvalue weighted by Gasteiger charge is 2.09. The second kappa shape index (κ2) is 7.58. The maximum atomic E-state index is 11.9. The molecule has 0 fully saturated rings. The lowest BCUT2D eigenvalue weighted by molar-refractivity contribution is 0.0952. The van der Waals surface area contributed by atoms with Gasteiger partial charge in [0.2, 0.25) is 0 Å². The number of carbonyl (C=O) groups excluding carboxylic acids is 1. The van der Waals surface area contributed by atoms with E-state index in [2.05, 4.69) is 5.32 Å². The summed E-state index contributed by atoms with van der Waals surface area (Å²) in [6, 6.07) is 5.03. The highest BCUT2D eigenvalue weighted by atomic mass is 32.1. The molecule has 0 atom stereocenters. The molecule has 1 aromatic carbocycles. The van der Waals surface area contributed by atoms with Gasteiger partial charge in [-0.15, -0.1) is 0 Å². The standard InChI is InChI=1S/C13H18N2O3S/c1-17-10-6-9(7-11(8-10)18-2)13(16)15-5-3-4-12(14)19/h6-8H,3-5H2,1-2H3,(H2,14,19)(H,15,16). The fourth-order valence-electron chi connectivity index (χ4n) is 1.51. The lowest BCUT2D eigenvalue weighted by atomic mass is 10.2. The Labute approximate surface area is 118 Å². The molecule has 0 aliphatic heterocycles. The van der Waals surface area contributed by atoms with Gasteiger partial charge in [-0.1, -0.05) is 12.2 Å². The van der Waals surface area contributed by atoms with Crippen LogP contribution < -0.4 is 20.5 Å². The number of nitrogens with one attached hydrogen (secondary N) is 1. The number of ether oxygens (including phenoxy) is 2. The average molecular weight is 282 g/mol. The first-order valence-corrected chi connectivity index (χ1v) is 6.27. The van der Waals surface area contributed by atoms with Crippen LogP contribution in [0.4, 0.5) is 0 Å². The van der Waals surface area contributed by atoms with Crippen molar-refractivity contribution in [3.05, 3.63) is 23.8 Å². The van der Waals surface area contributed by atoms with E-state index in [9.17, 15) is 4.79 Å². The monoisotopic (exact) mass is 282 g/mol. The highest BCUT2D eigenvalue weighted by molar-refractivity contribution is 7.80. The van der Waals surface area contributed by atoms with Gasteiger partial charge in [-0.2, -0.15) is 0 Å². The van der Waals surface area contributed by atoms with Crippen LogP contribution in [0, 0.1) is 0 Å². The van der Waals surface area contributed by atoms with E-state index in [4.69, 9.17) is 27.4 Å². The zero-order chi connectivity index (χ0) is 14.3. The van der Waals surface area contributed by atoms with Crippen molar-refractivity contribution in [1.82, 2.24) is 5.32 Å². The zero-order valence-electron chi connectivity index (χ0n) is 11.1. The Balaban J connectivity index is 2.63. The summed E-state index contributed by atoms with van der Waals surface area (Å²) in [5.74, 6) is 0.973. The Hall–Kier alpha value is -1.82. The second-order valence-corrected chi connectivity index (χ2v) is 4.45. The molecule has 0 aliphatic carbocycles. The SMILES string of the molecule is COc1cc(OC)cc(C(=O)NCCCC(N)=S)c1. The van der Waals surface area contributed by atoms with Crippen LogP contribution >= 0.6 is 12.2 Å². The zero-order valence-corrected chi connectivity index (χ0v) is 11.9. The van der Waals surface area contributed by atoms with Gasteiger partial charge >= 0.3 is 0 Å². The number of amides is 1. The number of carbonyl (C=O) groups is 1. The van der Waals surface area contributed by atoms with Gasteiger partial charge < -0.3 is 20.5 Å². The van der Waals surface area contributed by atoms with Crippen LogP contribution in [-0.2, 0) is 0 Å². The van der Waals surface area contributed by atoms with Gasteiger partial charge in [0.1, 0.15) is 11.5 Å². The topological polar surface area (TPSA) is 73.6 Å². The van der Waals surface area contributed by atoms with Crippen LogP contribution in [0.1, 0.15) is 23.2 Å². The minimum atomic E-state index is -0.180. The van der Waals surface area contributed by atoms with Crippen molar-refractivity contribution in [2.24, 2.45) is 5.73 Å².